The van der Waals surface area contributed by atoms with Gasteiger partial charge in [0.05, 0.1) is 18.8 Å². The molecule has 9 heteroatoms. The molecule has 0 fully saturated rings. The zero-order valence-corrected chi connectivity index (χ0v) is 17.8. The smallest absolute Gasteiger partial charge is 0.338 e. The van der Waals surface area contributed by atoms with E-state index >= 15 is 0 Å². The number of hydrogen-bond acceptors (Lipinski definition) is 7. The number of halogens is 1. The molecule has 1 aliphatic rings. The number of benzene rings is 1. The van der Waals surface area contributed by atoms with Crippen LogP contribution in [0.3, 0.4) is 0 Å². The molecular formula is C19H24BrN5O3. The molecule has 28 heavy (non-hydrogen) atoms. The van der Waals surface area contributed by atoms with Gasteiger partial charge in [-0.2, -0.15) is 4.68 Å². The molecule has 0 amide bonds. The summed E-state index contributed by atoms with van der Waals surface area (Å²) in [4.78, 5) is 12.9. The Morgan fingerprint density at radius 2 is 2.11 bits per heavy atom. The summed E-state index contributed by atoms with van der Waals surface area (Å²) in [5.74, 6) is 0.769. The Morgan fingerprint density at radius 3 is 2.86 bits per heavy atom. The largest absolute Gasteiger partial charge is 0.493 e. The van der Waals surface area contributed by atoms with Gasteiger partial charge in [-0.3, -0.25) is 0 Å². The van der Waals surface area contributed by atoms with E-state index in [-0.39, 0.29) is 0 Å². The standard InChI is InChI=1S/C19H24BrN5O3/c1-4-6-10-27-15-8-7-13(20)11-14(15)17-16(18(26)28-9-5-2)12(3)21-19-22-23-24-25(17)19/h7-8,11,17H,4-6,9-10H2,1-3H3,(H,21,22,24). The first-order chi connectivity index (χ1) is 13.6. The first-order valence-corrected chi connectivity index (χ1v) is 10.2. The van der Waals surface area contributed by atoms with E-state index in [0.29, 0.717) is 36.2 Å². The van der Waals surface area contributed by atoms with Crippen molar-refractivity contribution in [2.75, 3.05) is 18.5 Å². The molecule has 1 N–H and O–H groups in total. The van der Waals surface area contributed by atoms with E-state index in [9.17, 15) is 4.79 Å². The fraction of sp³-hybridized carbons (Fsp3) is 0.474. The van der Waals surface area contributed by atoms with E-state index in [0.717, 1.165) is 29.3 Å². The monoisotopic (exact) mass is 449 g/mol. The van der Waals surface area contributed by atoms with Crippen molar-refractivity contribution in [2.45, 2.75) is 46.1 Å². The fourth-order valence-electron chi connectivity index (χ4n) is 3.03. The highest BCUT2D eigenvalue weighted by Gasteiger charge is 2.36. The second kappa shape index (κ2) is 9.18. The number of allylic oxidation sites excluding steroid dienone is 1. The summed E-state index contributed by atoms with van der Waals surface area (Å²) < 4.78 is 13.9. The number of aromatic nitrogens is 4. The lowest BCUT2D eigenvalue weighted by Crippen LogP contribution is -2.30. The molecule has 1 unspecified atom stereocenters. The number of carbonyl (C=O) groups is 1. The van der Waals surface area contributed by atoms with Gasteiger partial charge in [0, 0.05) is 15.7 Å². The number of rotatable bonds is 8. The molecule has 0 bridgehead atoms. The van der Waals surface area contributed by atoms with Crippen LogP contribution in [0.2, 0.25) is 0 Å². The average molecular weight is 450 g/mol. The first-order valence-electron chi connectivity index (χ1n) is 9.41. The summed E-state index contributed by atoms with van der Waals surface area (Å²) in [5, 5.41) is 15.0. The van der Waals surface area contributed by atoms with Crippen LogP contribution in [-0.4, -0.2) is 39.4 Å². The van der Waals surface area contributed by atoms with E-state index in [4.69, 9.17) is 9.47 Å². The van der Waals surface area contributed by atoms with E-state index in [1.54, 1.807) is 4.68 Å². The van der Waals surface area contributed by atoms with Crippen LogP contribution in [0, 0.1) is 0 Å². The Kier molecular flexibility index (Phi) is 6.66. The third-order valence-electron chi connectivity index (χ3n) is 4.39. The SMILES string of the molecule is CCCCOc1ccc(Br)cc1C1C(C(=O)OCCC)=C(C)Nc2nnnn21. The molecule has 0 aliphatic carbocycles. The maximum Gasteiger partial charge on any atom is 0.338 e. The summed E-state index contributed by atoms with van der Waals surface area (Å²) in [6, 6.07) is 5.19. The molecular weight excluding hydrogens is 426 g/mol. The Bertz CT molecular complexity index is 880. The number of nitrogens with zero attached hydrogens (tertiary/aromatic N) is 4. The number of anilines is 1. The summed E-state index contributed by atoms with van der Waals surface area (Å²) in [6.45, 7) is 6.84. The van der Waals surface area contributed by atoms with Crippen LogP contribution in [-0.2, 0) is 9.53 Å². The van der Waals surface area contributed by atoms with Crippen molar-refractivity contribution >= 4 is 27.8 Å². The van der Waals surface area contributed by atoms with Gasteiger partial charge >= 0.3 is 5.97 Å². The van der Waals surface area contributed by atoms with Crippen molar-refractivity contribution in [3.05, 3.63) is 39.5 Å². The Balaban J connectivity index is 2.08. The molecule has 2 heterocycles. The van der Waals surface area contributed by atoms with Gasteiger partial charge in [0.1, 0.15) is 11.8 Å². The molecule has 1 aliphatic heterocycles. The van der Waals surface area contributed by atoms with Crippen molar-refractivity contribution in [2.24, 2.45) is 0 Å². The van der Waals surface area contributed by atoms with Gasteiger partial charge in [-0.05, 0) is 48.4 Å². The number of hydrogen-bond donors (Lipinski definition) is 1. The van der Waals surface area contributed by atoms with Crippen molar-refractivity contribution in [1.29, 1.82) is 0 Å². The van der Waals surface area contributed by atoms with Gasteiger partial charge in [0.2, 0.25) is 5.95 Å². The van der Waals surface area contributed by atoms with Gasteiger partial charge in [-0.25, -0.2) is 4.79 Å². The Morgan fingerprint density at radius 1 is 1.29 bits per heavy atom. The second-order valence-corrected chi connectivity index (χ2v) is 7.45. The van der Waals surface area contributed by atoms with Crippen molar-refractivity contribution in [1.82, 2.24) is 20.2 Å². The van der Waals surface area contributed by atoms with Crippen LogP contribution < -0.4 is 10.1 Å². The van der Waals surface area contributed by atoms with Gasteiger partial charge < -0.3 is 14.8 Å². The average Bonchev–Trinajstić information content (AvgIpc) is 3.14. The highest BCUT2D eigenvalue weighted by atomic mass is 79.9. The van der Waals surface area contributed by atoms with Gasteiger partial charge in [0.25, 0.3) is 0 Å². The molecule has 2 aromatic rings. The van der Waals surface area contributed by atoms with Crippen molar-refractivity contribution in [3.8, 4) is 5.75 Å². The molecule has 1 aromatic carbocycles. The van der Waals surface area contributed by atoms with E-state index < -0.39 is 12.0 Å². The second-order valence-electron chi connectivity index (χ2n) is 6.53. The van der Waals surface area contributed by atoms with E-state index in [2.05, 4.69) is 43.7 Å². The lowest BCUT2D eigenvalue weighted by atomic mass is 9.95. The number of tetrazole rings is 1. The zero-order chi connectivity index (χ0) is 20.1. The minimum atomic E-state index is -0.551. The minimum Gasteiger partial charge on any atom is -0.493 e. The number of nitrogens with one attached hydrogen (secondary N) is 1. The molecule has 0 spiro atoms. The molecule has 0 saturated carbocycles. The number of ether oxygens (including phenoxy) is 2. The van der Waals surface area contributed by atoms with Crippen LogP contribution >= 0.6 is 15.9 Å². The number of esters is 1. The topological polar surface area (TPSA) is 91.2 Å². The molecule has 1 aromatic heterocycles. The lowest BCUT2D eigenvalue weighted by molar-refractivity contribution is -0.139. The highest BCUT2D eigenvalue weighted by molar-refractivity contribution is 9.10. The van der Waals surface area contributed by atoms with Crippen LogP contribution in [0.4, 0.5) is 5.95 Å². The normalized spacial score (nSPS) is 15.8. The molecule has 0 radical (unpaired) electrons. The van der Waals surface area contributed by atoms with Crippen LogP contribution in [0.1, 0.15) is 51.6 Å². The van der Waals surface area contributed by atoms with Crippen molar-refractivity contribution < 1.29 is 14.3 Å². The van der Waals surface area contributed by atoms with Crippen LogP contribution in [0.15, 0.2) is 33.9 Å². The molecule has 1 atom stereocenters. The number of carbonyl (C=O) groups excluding carboxylic acids is 1. The molecule has 3 rings (SSSR count). The highest BCUT2D eigenvalue weighted by Crippen LogP contribution is 2.40. The zero-order valence-electron chi connectivity index (χ0n) is 16.2. The van der Waals surface area contributed by atoms with Gasteiger partial charge in [-0.15, -0.1) is 0 Å². The molecule has 150 valence electrons. The fourth-order valence-corrected chi connectivity index (χ4v) is 3.41. The summed E-state index contributed by atoms with van der Waals surface area (Å²) in [5.41, 5.74) is 1.92. The van der Waals surface area contributed by atoms with E-state index in [1.165, 1.54) is 0 Å². The van der Waals surface area contributed by atoms with E-state index in [1.807, 2.05) is 32.0 Å². The predicted octanol–water partition coefficient (Wildman–Crippen LogP) is 3.86. The molecule has 0 saturated heterocycles. The summed E-state index contributed by atoms with van der Waals surface area (Å²) >= 11 is 3.53. The maximum absolute atomic E-state index is 12.9. The van der Waals surface area contributed by atoms with Gasteiger partial charge in [0.15, 0.2) is 0 Å². The quantitative estimate of drug-likeness (QED) is 0.483. The first kappa shape index (κ1) is 20.3. The maximum atomic E-state index is 12.9. The molecule has 8 nitrogen and oxygen atoms in total. The Labute approximate surface area is 172 Å². The van der Waals surface area contributed by atoms with Crippen LogP contribution in [0.25, 0.3) is 0 Å². The predicted molar refractivity (Wildman–Crippen MR) is 108 cm³/mol. The summed E-state index contributed by atoms with van der Waals surface area (Å²) in [7, 11) is 0. The van der Waals surface area contributed by atoms with Gasteiger partial charge in [-0.1, -0.05) is 41.3 Å². The lowest BCUT2D eigenvalue weighted by Gasteiger charge is -2.28. The third-order valence-corrected chi connectivity index (χ3v) is 4.89. The minimum absolute atomic E-state index is 0.350. The van der Waals surface area contributed by atoms with Crippen LogP contribution in [0.5, 0.6) is 5.75 Å². The third kappa shape index (κ3) is 4.19. The number of fused-ring (bicyclic) bond motifs is 1. The Hall–Kier alpha value is -2.42. The summed E-state index contributed by atoms with van der Waals surface area (Å²) in [6.07, 6.45) is 2.72. The number of unbranched alkanes of at least 4 members (excludes halogenated alkanes) is 1. The van der Waals surface area contributed by atoms with Crippen molar-refractivity contribution in [3.63, 3.8) is 0 Å².